The van der Waals surface area contributed by atoms with Crippen molar-refractivity contribution < 1.29 is 22.6 Å². The first kappa shape index (κ1) is 16.8. The molecule has 0 heterocycles. The minimum atomic E-state index is -3.43. The number of primary sulfonamides is 1. The fraction of sp³-hybridized carbons (Fsp3) is 1.00. The molecule has 0 rings (SSSR count). The molecule has 0 aliphatic heterocycles. The number of hydrogen-bond acceptors (Lipinski definition) is 5. The first-order valence-corrected chi connectivity index (χ1v) is 7.19. The van der Waals surface area contributed by atoms with Crippen molar-refractivity contribution >= 4 is 10.0 Å². The molecule has 0 aliphatic rings. The molecule has 2 N–H and O–H groups in total. The van der Waals surface area contributed by atoms with E-state index in [-0.39, 0.29) is 18.0 Å². The Kier molecular flexibility index (Phi) is 7.89. The number of rotatable bonds is 10. The lowest BCUT2D eigenvalue weighted by atomic mass is 10.1. The zero-order valence-corrected chi connectivity index (χ0v) is 11.6. The molecule has 17 heavy (non-hydrogen) atoms. The lowest BCUT2D eigenvalue weighted by molar-refractivity contribution is -0.0182. The third-order valence-corrected chi connectivity index (χ3v) is 3.02. The summed E-state index contributed by atoms with van der Waals surface area (Å²) in [4.78, 5) is 0. The van der Waals surface area contributed by atoms with E-state index < -0.39 is 10.0 Å². The maximum atomic E-state index is 10.6. The van der Waals surface area contributed by atoms with Crippen LogP contribution in [0.5, 0.6) is 0 Å². The Morgan fingerprint density at radius 3 is 2.06 bits per heavy atom. The van der Waals surface area contributed by atoms with Crippen molar-refractivity contribution in [1.82, 2.24) is 0 Å². The van der Waals surface area contributed by atoms with Gasteiger partial charge in [-0.1, -0.05) is 0 Å². The van der Waals surface area contributed by atoms with Gasteiger partial charge in [0, 0.05) is 13.7 Å². The van der Waals surface area contributed by atoms with Crippen molar-refractivity contribution in [2.75, 3.05) is 39.3 Å². The van der Waals surface area contributed by atoms with E-state index in [4.69, 9.17) is 19.3 Å². The highest BCUT2D eigenvalue weighted by molar-refractivity contribution is 7.89. The van der Waals surface area contributed by atoms with Gasteiger partial charge in [-0.2, -0.15) is 0 Å². The van der Waals surface area contributed by atoms with E-state index in [1.54, 1.807) is 7.11 Å². The molecule has 0 saturated heterocycles. The molecule has 0 amide bonds. The maximum absolute atomic E-state index is 10.6. The number of nitrogens with two attached hydrogens (primary N) is 1. The van der Waals surface area contributed by atoms with Gasteiger partial charge in [0.25, 0.3) is 0 Å². The number of methoxy groups -OCH3 is 1. The van der Waals surface area contributed by atoms with Gasteiger partial charge in [-0.05, 0) is 20.3 Å². The topological polar surface area (TPSA) is 87.8 Å². The highest BCUT2D eigenvalue weighted by atomic mass is 32.2. The van der Waals surface area contributed by atoms with Crippen LogP contribution in [0.2, 0.25) is 0 Å². The highest BCUT2D eigenvalue weighted by Gasteiger charge is 2.15. The zero-order chi connectivity index (χ0) is 13.4. The predicted molar refractivity (Wildman–Crippen MR) is 65.3 cm³/mol. The summed E-state index contributed by atoms with van der Waals surface area (Å²) in [6, 6.07) is 0. The predicted octanol–water partition coefficient (Wildman–Crippen LogP) is 0.123. The van der Waals surface area contributed by atoms with E-state index in [9.17, 15) is 8.42 Å². The second-order valence-electron chi connectivity index (χ2n) is 4.31. The van der Waals surface area contributed by atoms with Crippen LogP contribution in [0, 0.1) is 0 Å². The molecule has 0 saturated carbocycles. The summed E-state index contributed by atoms with van der Waals surface area (Å²) in [6.45, 7) is 5.45. The molecular formula is C10H23NO5S. The van der Waals surface area contributed by atoms with Crippen molar-refractivity contribution in [3.05, 3.63) is 0 Å². The van der Waals surface area contributed by atoms with Crippen molar-refractivity contribution in [3.8, 4) is 0 Å². The van der Waals surface area contributed by atoms with E-state index in [1.807, 2.05) is 13.8 Å². The summed E-state index contributed by atoms with van der Waals surface area (Å²) in [5.74, 6) is -0.163. The first-order chi connectivity index (χ1) is 7.77. The van der Waals surface area contributed by atoms with E-state index in [0.29, 0.717) is 19.8 Å². The zero-order valence-electron chi connectivity index (χ0n) is 10.8. The number of ether oxygens (including phenoxy) is 3. The quantitative estimate of drug-likeness (QED) is 0.569. The summed E-state index contributed by atoms with van der Waals surface area (Å²) in [5.41, 5.74) is -0.186. The summed E-state index contributed by atoms with van der Waals surface area (Å²) in [7, 11) is -1.76. The third kappa shape index (κ3) is 12.0. The smallest absolute Gasteiger partial charge is 0.211 e. The Morgan fingerprint density at radius 2 is 1.59 bits per heavy atom. The minimum Gasteiger partial charge on any atom is -0.379 e. The van der Waals surface area contributed by atoms with Crippen molar-refractivity contribution in [2.24, 2.45) is 5.14 Å². The van der Waals surface area contributed by atoms with Crippen LogP contribution in [0.3, 0.4) is 0 Å². The van der Waals surface area contributed by atoms with Gasteiger partial charge in [0.05, 0.1) is 31.2 Å². The Balaban J connectivity index is 3.31. The molecule has 0 aromatic carbocycles. The lowest BCUT2D eigenvalue weighted by Gasteiger charge is -2.22. The second kappa shape index (κ2) is 7.99. The van der Waals surface area contributed by atoms with Gasteiger partial charge in [-0.3, -0.25) is 0 Å². The van der Waals surface area contributed by atoms with Gasteiger partial charge < -0.3 is 14.2 Å². The Hall–Kier alpha value is -0.210. The molecule has 6 nitrogen and oxygen atoms in total. The summed E-state index contributed by atoms with van der Waals surface area (Å²) >= 11 is 0. The standard InChI is InChI=1S/C10H23NO5S/c1-10(2,14-3)4-5-15-6-7-16-8-9-17(11,12)13/h4-9H2,1-3H3,(H2,11,12,13). The third-order valence-electron chi connectivity index (χ3n) is 2.29. The van der Waals surface area contributed by atoms with Gasteiger partial charge in [0.15, 0.2) is 0 Å². The second-order valence-corrected chi connectivity index (χ2v) is 6.04. The molecule has 7 heteroatoms. The largest absolute Gasteiger partial charge is 0.379 e. The fourth-order valence-corrected chi connectivity index (χ4v) is 1.27. The van der Waals surface area contributed by atoms with Gasteiger partial charge in [0.1, 0.15) is 0 Å². The lowest BCUT2D eigenvalue weighted by Crippen LogP contribution is -2.25. The first-order valence-electron chi connectivity index (χ1n) is 5.48. The minimum absolute atomic E-state index is 0.103. The summed E-state index contributed by atoms with van der Waals surface area (Å²) in [6.07, 6.45) is 0.792. The maximum Gasteiger partial charge on any atom is 0.211 e. The van der Waals surface area contributed by atoms with Crippen LogP contribution in [0.4, 0.5) is 0 Å². The molecule has 0 unspecified atom stereocenters. The number of hydrogen-bond donors (Lipinski definition) is 1. The van der Waals surface area contributed by atoms with Crippen LogP contribution < -0.4 is 5.14 Å². The average molecular weight is 269 g/mol. The molecular weight excluding hydrogens is 246 g/mol. The average Bonchev–Trinajstić information content (AvgIpc) is 2.20. The van der Waals surface area contributed by atoms with Gasteiger partial charge in [-0.25, -0.2) is 13.6 Å². The number of sulfonamides is 1. The van der Waals surface area contributed by atoms with E-state index >= 15 is 0 Å². The molecule has 104 valence electrons. The Labute approximate surface area is 103 Å². The normalized spacial score (nSPS) is 12.9. The van der Waals surface area contributed by atoms with E-state index in [0.717, 1.165) is 6.42 Å². The van der Waals surface area contributed by atoms with Crippen molar-refractivity contribution in [3.63, 3.8) is 0 Å². The summed E-state index contributed by atoms with van der Waals surface area (Å²) in [5, 5.41) is 4.81. The van der Waals surface area contributed by atoms with E-state index in [1.165, 1.54) is 0 Å². The van der Waals surface area contributed by atoms with Crippen LogP contribution in [0.1, 0.15) is 20.3 Å². The fourth-order valence-electron chi connectivity index (χ4n) is 0.917. The van der Waals surface area contributed by atoms with Crippen LogP contribution in [0.25, 0.3) is 0 Å². The van der Waals surface area contributed by atoms with Crippen LogP contribution in [-0.2, 0) is 24.2 Å². The van der Waals surface area contributed by atoms with Crippen LogP contribution >= 0.6 is 0 Å². The van der Waals surface area contributed by atoms with Gasteiger partial charge in [0.2, 0.25) is 10.0 Å². The Morgan fingerprint density at radius 1 is 1.06 bits per heavy atom. The van der Waals surface area contributed by atoms with Crippen LogP contribution in [0.15, 0.2) is 0 Å². The molecule has 0 aromatic rings. The molecule has 0 fully saturated rings. The molecule has 0 radical (unpaired) electrons. The van der Waals surface area contributed by atoms with Gasteiger partial charge in [-0.15, -0.1) is 0 Å². The Bertz CT molecular complexity index is 289. The highest BCUT2D eigenvalue weighted by Crippen LogP contribution is 2.12. The molecule has 0 aromatic heterocycles. The molecule has 0 bridgehead atoms. The van der Waals surface area contributed by atoms with Gasteiger partial charge >= 0.3 is 0 Å². The monoisotopic (exact) mass is 269 g/mol. The van der Waals surface area contributed by atoms with Crippen molar-refractivity contribution in [2.45, 2.75) is 25.9 Å². The van der Waals surface area contributed by atoms with Crippen molar-refractivity contribution in [1.29, 1.82) is 0 Å². The molecule has 0 aliphatic carbocycles. The SMILES string of the molecule is COC(C)(C)CCOCCOCCS(N)(=O)=O. The molecule has 0 atom stereocenters. The summed E-state index contributed by atoms with van der Waals surface area (Å²) < 4.78 is 36.7. The molecule has 0 spiro atoms. The van der Waals surface area contributed by atoms with E-state index in [2.05, 4.69) is 0 Å². The van der Waals surface area contributed by atoms with Crippen LogP contribution in [-0.4, -0.2) is 53.3 Å².